The second-order valence-corrected chi connectivity index (χ2v) is 8.73. The van der Waals surface area contributed by atoms with Crippen LogP contribution in [-0.2, 0) is 9.59 Å². The number of carbonyl (C=O) groups excluding carboxylic acids is 2. The molecule has 0 aliphatic carbocycles. The van der Waals surface area contributed by atoms with Crippen LogP contribution in [0.4, 0.5) is 11.4 Å². The first-order chi connectivity index (χ1) is 13.5. The lowest BCUT2D eigenvalue weighted by molar-refractivity contribution is -0.138. The summed E-state index contributed by atoms with van der Waals surface area (Å²) in [4.78, 5) is 33.6. The van der Waals surface area contributed by atoms with Crippen molar-refractivity contribution in [3.8, 4) is 0 Å². The van der Waals surface area contributed by atoms with Gasteiger partial charge in [0.05, 0.1) is 5.69 Å². The molecule has 0 saturated carbocycles. The summed E-state index contributed by atoms with van der Waals surface area (Å²) in [5.74, 6) is -0.197. The molecule has 1 unspecified atom stereocenters. The Morgan fingerprint density at radius 2 is 1.64 bits per heavy atom. The largest absolute Gasteiger partial charge is 0.368 e. The number of hydrogen-bond donors (Lipinski definition) is 0. The molecule has 2 aliphatic rings. The molecule has 0 aromatic heterocycles. The zero-order valence-electron chi connectivity index (χ0n) is 16.3. The summed E-state index contributed by atoms with van der Waals surface area (Å²) in [6, 6.07) is 18.1. The van der Waals surface area contributed by atoms with Gasteiger partial charge in [-0.25, -0.2) is 0 Å². The van der Waals surface area contributed by atoms with Gasteiger partial charge in [-0.15, -0.1) is 0 Å². The Balaban J connectivity index is 1.52. The number of piperazine rings is 1. The maximum Gasteiger partial charge on any atom is 0.252 e. The molecule has 4 rings (SSSR count). The van der Waals surface area contributed by atoms with Crippen molar-refractivity contribution in [2.24, 2.45) is 0 Å². The molecular weight excluding hydrogens is 370 g/mol. The van der Waals surface area contributed by atoms with Gasteiger partial charge in [-0.3, -0.25) is 9.59 Å². The van der Waals surface area contributed by atoms with Crippen molar-refractivity contribution < 1.29 is 9.59 Å². The van der Waals surface area contributed by atoms with E-state index in [9.17, 15) is 9.59 Å². The van der Waals surface area contributed by atoms with E-state index < -0.39 is 4.75 Å². The maximum atomic E-state index is 13.4. The lowest BCUT2D eigenvalue weighted by atomic mass is 10.1. The number of carbonyl (C=O) groups is 2. The van der Waals surface area contributed by atoms with Crippen molar-refractivity contribution in [3.05, 3.63) is 54.6 Å². The Hall–Kier alpha value is -2.47. The highest BCUT2D eigenvalue weighted by Gasteiger charge is 2.50. The van der Waals surface area contributed by atoms with Crippen molar-refractivity contribution in [2.75, 3.05) is 42.5 Å². The first-order valence-electron chi connectivity index (χ1n) is 9.74. The summed E-state index contributed by atoms with van der Waals surface area (Å²) in [5.41, 5.74) is 2.08. The monoisotopic (exact) mass is 395 g/mol. The number of thioether (sulfide) groups is 1. The van der Waals surface area contributed by atoms with Gasteiger partial charge in [-0.1, -0.05) is 42.1 Å². The molecule has 0 N–H and O–H groups in total. The number of anilines is 2. The third-order valence-electron chi connectivity index (χ3n) is 5.54. The van der Waals surface area contributed by atoms with Crippen LogP contribution in [0.1, 0.15) is 13.8 Å². The fraction of sp³-hybridized carbons (Fsp3) is 0.364. The molecule has 2 aliphatic heterocycles. The first kappa shape index (κ1) is 18.9. The Morgan fingerprint density at radius 1 is 1.00 bits per heavy atom. The van der Waals surface area contributed by atoms with Crippen LogP contribution in [0.15, 0.2) is 59.5 Å². The molecule has 6 heteroatoms. The van der Waals surface area contributed by atoms with Gasteiger partial charge in [0, 0.05) is 43.3 Å². The number of nitrogens with zero attached hydrogens (tertiary/aromatic N) is 3. The molecule has 2 aromatic carbocycles. The van der Waals surface area contributed by atoms with Crippen LogP contribution in [0, 0.1) is 0 Å². The lowest BCUT2D eigenvalue weighted by Gasteiger charge is -2.43. The average molecular weight is 396 g/mol. The van der Waals surface area contributed by atoms with E-state index in [4.69, 9.17) is 0 Å². The normalized spacial score (nSPS) is 22.2. The fourth-order valence-electron chi connectivity index (χ4n) is 3.95. The summed E-state index contributed by atoms with van der Waals surface area (Å²) in [5, 5.41) is 0. The van der Waals surface area contributed by atoms with Crippen molar-refractivity contribution in [2.45, 2.75) is 23.5 Å². The minimum Gasteiger partial charge on any atom is -0.368 e. The standard InChI is InChI=1S/C22H25N3O2S/c1-3-25-18-11-7-8-12-19(18)28-22(2,21(25)27)20(26)24-15-13-23(14-16-24)17-9-5-4-6-10-17/h4-12H,3,13-16H2,1-2H3. The van der Waals surface area contributed by atoms with E-state index in [-0.39, 0.29) is 11.8 Å². The topological polar surface area (TPSA) is 43.9 Å². The zero-order valence-corrected chi connectivity index (χ0v) is 17.1. The molecule has 2 aromatic rings. The van der Waals surface area contributed by atoms with Crippen molar-refractivity contribution in [1.29, 1.82) is 0 Å². The number of fused-ring (bicyclic) bond motifs is 1. The highest BCUT2D eigenvalue weighted by molar-refractivity contribution is 8.02. The minimum atomic E-state index is -1.11. The van der Waals surface area contributed by atoms with Gasteiger partial charge in [0.2, 0.25) is 5.91 Å². The van der Waals surface area contributed by atoms with E-state index in [0.717, 1.165) is 23.7 Å². The summed E-state index contributed by atoms with van der Waals surface area (Å²) < 4.78 is -1.11. The van der Waals surface area contributed by atoms with Crippen LogP contribution >= 0.6 is 11.8 Å². The molecular formula is C22H25N3O2S. The molecule has 2 amide bonds. The fourth-order valence-corrected chi connectivity index (χ4v) is 5.24. The highest BCUT2D eigenvalue weighted by atomic mass is 32.2. The van der Waals surface area contributed by atoms with Gasteiger partial charge in [0.25, 0.3) is 5.91 Å². The van der Waals surface area contributed by atoms with Crippen LogP contribution in [0.5, 0.6) is 0 Å². The van der Waals surface area contributed by atoms with Crippen molar-refractivity contribution in [1.82, 2.24) is 4.90 Å². The van der Waals surface area contributed by atoms with Gasteiger partial charge >= 0.3 is 0 Å². The van der Waals surface area contributed by atoms with E-state index in [0.29, 0.717) is 19.6 Å². The molecule has 5 nitrogen and oxygen atoms in total. The predicted molar refractivity (Wildman–Crippen MR) is 114 cm³/mol. The molecule has 1 saturated heterocycles. The second-order valence-electron chi connectivity index (χ2n) is 7.27. The number of benzene rings is 2. The van der Waals surface area contributed by atoms with E-state index in [2.05, 4.69) is 17.0 Å². The number of para-hydroxylation sites is 2. The van der Waals surface area contributed by atoms with Gasteiger partial charge in [0.15, 0.2) is 4.75 Å². The van der Waals surface area contributed by atoms with Gasteiger partial charge < -0.3 is 14.7 Å². The van der Waals surface area contributed by atoms with Crippen LogP contribution in [-0.4, -0.2) is 54.2 Å². The first-order valence-corrected chi connectivity index (χ1v) is 10.6. The van der Waals surface area contributed by atoms with Crippen LogP contribution in [0.2, 0.25) is 0 Å². The third kappa shape index (κ3) is 3.15. The molecule has 0 spiro atoms. The Labute approximate surface area is 170 Å². The van der Waals surface area contributed by atoms with Crippen molar-refractivity contribution in [3.63, 3.8) is 0 Å². The van der Waals surface area contributed by atoms with Crippen LogP contribution < -0.4 is 9.80 Å². The average Bonchev–Trinajstić information content (AvgIpc) is 2.75. The predicted octanol–water partition coefficient (Wildman–Crippen LogP) is 3.25. The summed E-state index contributed by atoms with van der Waals surface area (Å²) >= 11 is 1.39. The highest BCUT2D eigenvalue weighted by Crippen LogP contribution is 2.46. The second kappa shape index (κ2) is 7.51. The van der Waals surface area contributed by atoms with E-state index in [1.807, 2.05) is 54.3 Å². The minimum absolute atomic E-state index is 0.0804. The number of hydrogen-bond acceptors (Lipinski definition) is 4. The van der Waals surface area contributed by atoms with Crippen molar-refractivity contribution >= 4 is 35.0 Å². The Kier molecular flexibility index (Phi) is 5.06. The summed E-state index contributed by atoms with van der Waals surface area (Å²) in [7, 11) is 0. The molecule has 0 bridgehead atoms. The molecule has 1 atom stereocenters. The smallest absolute Gasteiger partial charge is 0.252 e. The Bertz CT molecular complexity index is 880. The van der Waals surface area contributed by atoms with E-state index in [1.54, 1.807) is 11.8 Å². The quantitative estimate of drug-likeness (QED) is 0.749. The molecule has 28 heavy (non-hydrogen) atoms. The molecule has 1 fully saturated rings. The maximum absolute atomic E-state index is 13.4. The van der Waals surface area contributed by atoms with Gasteiger partial charge in [-0.05, 0) is 38.1 Å². The zero-order chi connectivity index (χ0) is 19.7. The number of amides is 2. The third-order valence-corrected chi connectivity index (χ3v) is 6.86. The Morgan fingerprint density at radius 3 is 2.32 bits per heavy atom. The van der Waals surface area contributed by atoms with Crippen LogP contribution in [0.3, 0.4) is 0 Å². The number of rotatable bonds is 3. The SMILES string of the molecule is CCN1C(=O)C(C)(C(=O)N2CCN(c3ccccc3)CC2)Sc2ccccc21. The van der Waals surface area contributed by atoms with E-state index >= 15 is 0 Å². The molecule has 2 heterocycles. The molecule has 146 valence electrons. The summed E-state index contributed by atoms with van der Waals surface area (Å²) in [6.07, 6.45) is 0. The lowest BCUT2D eigenvalue weighted by Crippen LogP contribution is -2.60. The van der Waals surface area contributed by atoms with Gasteiger partial charge in [0.1, 0.15) is 0 Å². The summed E-state index contributed by atoms with van der Waals surface area (Å²) in [6.45, 7) is 7.10. The van der Waals surface area contributed by atoms with Gasteiger partial charge in [-0.2, -0.15) is 0 Å². The van der Waals surface area contributed by atoms with Crippen LogP contribution in [0.25, 0.3) is 0 Å². The molecule has 0 radical (unpaired) electrons. The van der Waals surface area contributed by atoms with E-state index in [1.165, 1.54) is 17.4 Å².